The van der Waals surface area contributed by atoms with Crippen molar-refractivity contribution in [2.75, 3.05) is 0 Å². The summed E-state index contributed by atoms with van der Waals surface area (Å²) in [5.41, 5.74) is 1.55. The number of rotatable bonds is 6. The summed E-state index contributed by atoms with van der Waals surface area (Å²) < 4.78 is 19.2. The lowest BCUT2D eigenvalue weighted by Gasteiger charge is -2.07. The molecule has 5 nitrogen and oxygen atoms in total. The van der Waals surface area contributed by atoms with Crippen molar-refractivity contribution in [2.45, 2.75) is 25.4 Å². The number of furan rings is 1. The van der Waals surface area contributed by atoms with Gasteiger partial charge in [0.15, 0.2) is 5.82 Å². The fourth-order valence-electron chi connectivity index (χ4n) is 2.37. The van der Waals surface area contributed by atoms with E-state index in [2.05, 4.69) is 15.2 Å². The normalized spacial score (nSPS) is 12.5. The molecular weight excluding hydrogens is 285 g/mol. The van der Waals surface area contributed by atoms with Crippen molar-refractivity contribution < 1.29 is 13.9 Å². The fraction of sp³-hybridized carbons (Fsp3) is 0.250. The number of aliphatic hydroxyl groups excluding tert-OH is 1. The van der Waals surface area contributed by atoms with Gasteiger partial charge in [0, 0.05) is 12.8 Å². The molecule has 0 saturated heterocycles. The van der Waals surface area contributed by atoms with Crippen molar-refractivity contribution in [3.05, 3.63) is 71.5 Å². The quantitative estimate of drug-likeness (QED) is 0.734. The minimum atomic E-state index is -0.728. The summed E-state index contributed by atoms with van der Waals surface area (Å²) in [5.74, 6) is 0.959. The topological polar surface area (TPSA) is 74.9 Å². The van der Waals surface area contributed by atoms with Crippen molar-refractivity contribution in [1.82, 2.24) is 15.2 Å². The summed E-state index contributed by atoms with van der Waals surface area (Å²) in [6.07, 6.45) is 3.68. The Hall–Kier alpha value is -2.47. The molecule has 1 atom stereocenters. The zero-order chi connectivity index (χ0) is 15.4. The van der Waals surface area contributed by atoms with E-state index in [1.165, 1.54) is 12.4 Å². The van der Waals surface area contributed by atoms with Crippen LogP contribution in [-0.4, -0.2) is 20.3 Å². The zero-order valence-electron chi connectivity index (χ0n) is 11.9. The molecular formula is C16H16FN3O2. The number of aryl methyl sites for hydroxylation is 1. The van der Waals surface area contributed by atoms with E-state index in [0.717, 1.165) is 11.3 Å². The molecule has 2 heterocycles. The number of aliphatic hydroxyl groups is 1. The third-order valence-corrected chi connectivity index (χ3v) is 3.57. The van der Waals surface area contributed by atoms with E-state index in [-0.39, 0.29) is 5.82 Å². The number of nitrogens with one attached hydrogen (secondary N) is 1. The first-order valence-corrected chi connectivity index (χ1v) is 7.06. The second kappa shape index (κ2) is 6.53. The lowest BCUT2D eigenvalue weighted by molar-refractivity contribution is 0.156. The molecule has 0 spiro atoms. The van der Waals surface area contributed by atoms with Crippen LogP contribution in [-0.2, 0) is 12.8 Å². The van der Waals surface area contributed by atoms with Gasteiger partial charge in [-0.25, -0.2) is 9.37 Å². The van der Waals surface area contributed by atoms with Crippen LogP contribution in [0.1, 0.15) is 35.2 Å². The first-order chi connectivity index (χ1) is 10.7. The summed E-state index contributed by atoms with van der Waals surface area (Å²) >= 11 is 0. The van der Waals surface area contributed by atoms with Crippen LogP contribution in [0.3, 0.4) is 0 Å². The zero-order valence-corrected chi connectivity index (χ0v) is 11.9. The van der Waals surface area contributed by atoms with Gasteiger partial charge in [-0.2, -0.15) is 5.10 Å². The molecule has 1 aromatic carbocycles. The monoisotopic (exact) mass is 301 g/mol. The van der Waals surface area contributed by atoms with E-state index in [1.54, 1.807) is 18.4 Å². The second-order valence-electron chi connectivity index (χ2n) is 5.06. The highest BCUT2D eigenvalue weighted by molar-refractivity contribution is 5.28. The van der Waals surface area contributed by atoms with Crippen molar-refractivity contribution in [3.8, 4) is 0 Å². The minimum absolute atomic E-state index is 0.226. The summed E-state index contributed by atoms with van der Waals surface area (Å²) in [6, 6.07) is 8.52. The van der Waals surface area contributed by atoms with E-state index >= 15 is 0 Å². The molecule has 114 valence electrons. The van der Waals surface area contributed by atoms with Crippen molar-refractivity contribution in [1.29, 1.82) is 0 Å². The van der Waals surface area contributed by atoms with Crippen molar-refractivity contribution >= 4 is 0 Å². The Morgan fingerprint density at radius 2 is 2.09 bits per heavy atom. The van der Waals surface area contributed by atoms with Gasteiger partial charge in [-0.1, -0.05) is 18.2 Å². The van der Waals surface area contributed by atoms with Gasteiger partial charge in [0.25, 0.3) is 0 Å². The van der Waals surface area contributed by atoms with Crippen LogP contribution in [0.4, 0.5) is 4.39 Å². The van der Waals surface area contributed by atoms with Gasteiger partial charge in [0.1, 0.15) is 24.0 Å². The first kappa shape index (κ1) is 14.5. The van der Waals surface area contributed by atoms with Gasteiger partial charge >= 0.3 is 0 Å². The SMILES string of the molecule is OC(CCc1occc1Cc1ccccc1F)c1ncn[nH]1. The van der Waals surface area contributed by atoms with Gasteiger partial charge in [-0.05, 0) is 29.7 Å². The molecule has 1 unspecified atom stereocenters. The number of benzene rings is 1. The molecule has 0 radical (unpaired) electrons. The van der Waals surface area contributed by atoms with Crippen LogP contribution in [0.15, 0.2) is 47.3 Å². The van der Waals surface area contributed by atoms with Gasteiger partial charge in [0.2, 0.25) is 0 Å². The van der Waals surface area contributed by atoms with Gasteiger partial charge in [0.05, 0.1) is 6.26 Å². The Morgan fingerprint density at radius 3 is 2.86 bits per heavy atom. The molecule has 22 heavy (non-hydrogen) atoms. The van der Waals surface area contributed by atoms with Crippen LogP contribution in [0.25, 0.3) is 0 Å². The maximum absolute atomic E-state index is 13.7. The maximum Gasteiger partial charge on any atom is 0.153 e. The Bertz CT molecular complexity index is 725. The third-order valence-electron chi connectivity index (χ3n) is 3.57. The Kier molecular flexibility index (Phi) is 4.29. The molecule has 3 aromatic rings. The van der Waals surface area contributed by atoms with Gasteiger partial charge in [-0.3, -0.25) is 5.10 Å². The van der Waals surface area contributed by atoms with Crippen molar-refractivity contribution in [3.63, 3.8) is 0 Å². The summed E-state index contributed by atoms with van der Waals surface area (Å²) in [6.45, 7) is 0. The number of hydrogen-bond donors (Lipinski definition) is 2. The van der Waals surface area contributed by atoms with E-state index in [9.17, 15) is 9.50 Å². The minimum Gasteiger partial charge on any atom is -0.469 e. The fourth-order valence-corrected chi connectivity index (χ4v) is 2.37. The smallest absolute Gasteiger partial charge is 0.153 e. The van der Waals surface area contributed by atoms with Gasteiger partial charge < -0.3 is 9.52 Å². The molecule has 0 aliphatic heterocycles. The third kappa shape index (κ3) is 3.23. The number of H-pyrrole nitrogens is 1. The second-order valence-corrected chi connectivity index (χ2v) is 5.06. The predicted molar refractivity (Wildman–Crippen MR) is 77.6 cm³/mol. The average molecular weight is 301 g/mol. The number of halogens is 1. The van der Waals surface area contributed by atoms with E-state index < -0.39 is 6.10 Å². The lowest BCUT2D eigenvalue weighted by Crippen LogP contribution is -2.03. The molecule has 3 rings (SSSR count). The van der Waals surface area contributed by atoms with Crippen molar-refractivity contribution in [2.24, 2.45) is 0 Å². The van der Waals surface area contributed by atoms with E-state index in [4.69, 9.17) is 4.42 Å². The molecule has 0 fully saturated rings. The Labute approximate surface area is 126 Å². The molecule has 0 bridgehead atoms. The summed E-state index contributed by atoms with van der Waals surface area (Å²) in [4.78, 5) is 3.92. The maximum atomic E-state index is 13.7. The summed E-state index contributed by atoms with van der Waals surface area (Å²) in [5, 5.41) is 16.3. The average Bonchev–Trinajstić information content (AvgIpc) is 3.19. The highest BCUT2D eigenvalue weighted by atomic mass is 19.1. The standard InChI is InChI=1S/C16H16FN3O2/c17-13-4-2-1-3-11(13)9-12-7-8-22-15(12)6-5-14(21)16-18-10-19-20-16/h1-4,7-8,10,14,21H,5-6,9H2,(H,18,19,20). The molecule has 2 N–H and O–H groups in total. The molecule has 2 aromatic heterocycles. The largest absolute Gasteiger partial charge is 0.469 e. The van der Waals surface area contributed by atoms with E-state index in [0.29, 0.717) is 30.7 Å². The van der Waals surface area contributed by atoms with E-state index in [1.807, 2.05) is 12.1 Å². The highest BCUT2D eigenvalue weighted by Crippen LogP contribution is 2.21. The molecule has 0 aliphatic rings. The van der Waals surface area contributed by atoms with Crippen LogP contribution in [0, 0.1) is 5.82 Å². The highest BCUT2D eigenvalue weighted by Gasteiger charge is 2.14. The molecule has 6 heteroatoms. The molecule has 0 saturated carbocycles. The van der Waals surface area contributed by atoms with Crippen LogP contribution < -0.4 is 0 Å². The number of hydrogen-bond acceptors (Lipinski definition) is 4. The Balaban J connectivity index is 1.66. The Morgan fingerprint density at radius 1 is 1.23 bits per heavy atom. The number of aromatic amines is 1. The number of nitrogens with zero attached hydrogens (tertiary/aromatic N) is 2. The van der Waals surface area contributed by atoms with Crippen LogP contribution in [0.2, 0.25) is 0 Å². The molecule has 0 aliphatic carbocycles. The number of aromatic nitrogens is 3. The van der Waals surface area contributed by atoms with Gasteiger partial charge in [-0.15, -0.1) is 0 Å². The van der Waals surface area contributed by atoms with Crippen LogP contribution >= 0.6 is 0 Å². The predicted octanol–water partition coefficient (Wildman–Crippen LogP) is 2.79. The van der Waals surface area contributed by atoms with Crippen LogP contribution in [0.5, 0.6) is 0 Å². The summed E-state index contributed by atoms with van der Waals surface area (Å²) in [7, 11) is 0. The molecule has 0 amide bonds. The first-order valence-electron chi connectivity index (χ1n) is 7.06. The lowest BCUT2D eigenvalue weighted by atomic mass is 10.0.